The Bertz CT molecular complexity index is 1010. The van der Waals surface area contributed by atoms with Crippen molar-refractivity contribution in [1.29, 1.82) is 0 Å². The molecule has 0 radical (unpaired) electrons. The number of hydrogen-bond donors (Lipinski definition) is 0. The van der Waals surface area contributed by atoms with Gasteiger partial charge in [0.1, 0.15) is 5.75 Å². The first kappa shape index (κ1) is 16.9. The van der Waals surface area contributed by atoms with Crippen LogP contribution in [0.1, 0.15) is 10.4 Å². The smallest absolute Gasteiger partial charge is 0.344 e. The minimum atomic E-state index is -0.614. The molecule has 0 saturated carbocycles. The summed E-state index contributed by atoms with van der Waals surface area (Å²) in [6.07, 6.45) is 0. The van der Waals surface area contributed by atoms with Gasteiger partial charge in [-0.05, 0) is 41.1 Å². The highest BCUT2D eigenvalue weighted by molar-refractivity contribution is 5.98. The minimum absolute atomic E-state index is 0.133. The third-order valence-electron chi connectivity index (χ3n) is 4.14. The first-order valence-corrected chi connectivity index (χ1v) is 8.39. The molecule has 0 aromatic heterocycles. The predicted octanol–water partition coefficient (Wildman–Crippen LogP) is 3.37. The number of esters is 1. The molecule has 27 heavy (non-hydrogen) atoms. The van der Waals surface area contributed by atoms with Crippen LogP contribution in [0.25, 0.3) is 10.8 Å². The fourth-order valence-electron chi connectivity index (χ4n) is 2.74. The van der Waals surface area contributed by atoms with E-state index in [4.69, 9.17) is 18.9 Å². The van der Waals surface area contributed by atoms with Crippen LogP contribution >= 0.6 is 0 Å². The van der Waals surface area contributed by atoms with E-state index in [0.717, 1.165) is 10.8 Å². The molecule has 1 aliphatic rings. The Kier molecular flexibility index (Phi) is 4.61. The standard InChI is InChI=1S/C21H16O6/c22-18(16-6-8-19-20(10-16)27-13-26-19)11-25-21(23)12-24-17-7-5-14-3-1-2-4-15(14)9-17/h1-10H,11-13H2. The minimum Gasteiger partial charge on any atom is -0.482 e. The van der Waals surface area contributed by atoms with Crippen LogP contribution in [0.15, 0.2) is 60.7 Å². The lowest BCUT2D eigenvalue weighted by Gasteiger charge is -2.08. The first-order chi connectivity index (χ1) is 13.2. The van der Waals surface area contributed by atoms with Crippen molar-refractivity contribution in [3.05, 3.63) is 66.2 Å². The highest BCUT2D eigenvalue weighted by Gasteiger charge is 2.17. The van der Waals surface area contributed by atoms with Gasteiger partial charge in [-0.3, -0.25) is 4.79 Å². The maximum atomic E-state index is 12.2. The monoisotopic (exact) mass is 364 g/mol. The molecule has 6 nitrogen and oxygen atoms in total. The molecule has 0 atom stereocenters. The first-order valence-electron chi connectivity index (χ1n) is 8.39. The second kappa shape index (κ2) is 7.37. The van der Waals surface area contributed by atoms with Crippen molar-refractivity contribution < 1.29 is 28.5 Å². The Morgan fingerprint density at radius 1 is 0.852 bits per heavy atom. The molecule has 0 aliphatic carbocycles. The number of ether oxygens (including phenoxy) is 4. The van der Waals surface area contributed by atoms with Gasteiger partial charge in [0, 0.05) is 5.56 Å². The van der Waals surface area contributed by atoms with Crippen molar-refractivity contribution in [2.75, 3.05) is 20.0 Å². The Balaban J connectivity index is 1.29. The van der Waals surface area contributed by atoms with E-state index in [1.54, 1.807) is 24.3 Å². The average molecular weight is 364 g/mol. The van der Waals surface area contributed by atoms with Crippen LogP contribution in [0.3, 0.4) is 0 Å². The van der Waals surface area contributed by atoms with Gasteiger partial charge in [-0.15, -0.1) is 0 Å². The van der Waals surface area contributed by atoms with Crippen LogP contribution in [-0.4, -0.2) is 31.8 Å². The van der Waals surface area contributed by atoms with Crippen molar-refractivity contribution >= 4 is 22.5 Å². The number of benzene rings is 3. The van der Waals surface area contributed by atoms with E-state index in [2.05, 4.69) is 0 Å². The summed E-state index contributed by atoms with van der Waals surface area (Å²) in [6.45, 7) is -0.500. The lowest BCUT2D eigenvalue weighted by Crippen LogP contribution is -2.19. The Hall–Kier alpha value is -3.54. The molecular formula is C21H16O6. The number of ketones is 1. The van der Waals surface area contributed by atoms with Crippen molar-refractivity contribution in [3.63, 3.8) is 0 Å². The van der Waals surface area contributed by atoms with Crippen LogP contribution in [0, 0.1) is 0 Å². The summed E-state index contributed by atoms with van der Waals surface area (Å²) < 4.78 is 20.9. The van der Waals surface area contributed by atoms with Crippen molar-refractivity contribution in [1.82, 2.24) is 0 Å². The SMILES string of the molecule is O=C(COc1ccc2ccccc2c1)OCC(=O)c1ccc2c(c1)OCO2. The van der Waals surface area contributed by atoms with Gasteiger partial charge in [0.15, 0.2) is 30.5 Å². The molecule has 0 bridgehead atoms. The normalized spacial score (nSPS) is 12.0. The average Bonchev–Trinajstić information content (AvgIpc) is 3.18. The molecule has 3 aromatic rings. The molecule has 0 unspecified atom stereocenters. The summed E-state index contributed by atoms with van der Waals surface area (Å²) in [5.74, 6) is 0.719. The van der Waals surface area contributed by atoms with Gasteiger partial charge < -0.3 is 18.9 Å². The highest BCUT2D eigenvalue weighted by atomic mass is 16.7. The molecule has 3 aromatic carbocycles. The second-order valence-electron chi connectivity index (χ2n) is 5.95. The number of hydrogen-bond acceptors (Lipinski definition) is 6. The molecule has 136 valence electrons. The Morgan fingerprint density at radius 2 is 1.67 bits per heavy atom. The van der Waals surface area contributed by atoms with Gasteiger partial charge in [0.25, 0.3) is 0 Å². The van der Waals surface area contributed by atoms with E-state index in [-0.39, 0.29) is 25.8 Å². The molecule has 0 spiro atoms. The molecule has 0 amide bonds. The summed E-state index contributed by atoms with van der Waals surface area (Å²) >= 11 is 0. The number of carbonyl (C=O) groups is 2. The van der Waals surface area contributed by atoms with E-state index in [1.807, 2.05) is 36.4 Å². The third kappa shape index (κ3) is 3.84. The van der Waals surface area contributed by atoms with Gasteiger partial charge in [0.05, 0.1) is 0 Å². The van der Waals surface area contributed by atoms with Crippen LogP contribution < -0.4 is 14.2 Å². The Morgan fingerprint density at radius 3 is 2.56 bits per heavy atom. The van der Waals surface area contributed by atoms with Crippen LogP contribution in [0.2, 0.25) is 0 Å². The molecule has 0 saturated heterocycles. The summed E-state index contributed by atoms with van der Waals surface area (Å²) in [6, 6.07) is 18.2. The molecule has 1 heterocycles. The van der Waals surface area contributed by atoms with Crippen LogP contribution in [0.4, 0.5) is 0 Å². The quantitative estimate of drug-likeness (QED) is 0.493. The fraction of sp³-hybridized carbons (Fsp3) is 0.143. The molecule has 0 fully saturated rings. The van der Waals surface area contributed by atoms with E-state index in [1.165, 1.54) is 0 Å². The van der Waals surface area contributed by atoms with E-state index in [9.17, 15) is 9.59 Å². The number of rotatable bonds is 6. The largest absolute Gasteiger partial charge is 0.482 e. The zero-order chi connectivity index (χ0) is 18.6. The lowest BCUT2D eigenvalue weighted by molar-refractivity contribution is -0.144. The van der Waals surface area contributed by atoms with Crippen molar-refractivity contribution in [3.8, 4) is 17.2 Å². The number of Topliss-reactive ketones (excluding diaryl/α,β-unsaturated/α-hetero) is 1. The van der Waals surface area contributed by atoms with E-state index in [0.29, 0.717) is 22.8 Å². The zero-order valence-corrected chi connectivity index (χ0v) is 14.3. The van der Waals surface area contributed by atoms with Crippen LogP contribution in [0.5, 0.6) is 17.2 Å². The summed E-state index contributed by atoms with van der Waals surface area (Å²) in [4.78, 5) is 24.0. The Labute approximate surface area is 155 Å². The van der Waals surface area contributed by atoms with E-state index < -0.39 is 5.97 Å². The summed E-state index contributed by atoms with van der Waals surface area (Å²) in [5.41, 5.74) is 0.391. The molecule has 0 N–H and O–H groups in total. The summed E-state index contributed by atoms with van der Waals surface area (Å²) in [5, 5.41) is 2.10. The predicted molar refractivity (Wildman–Crippen MR) is 97.3 cm³/mol. The van der Waals surface area contributed by atoms with Gasteiger partial charge in [-0.25, -0.2) is 4.79 Å². The van der Waals surface area contributed by atoms with E-state index >= 15 is 0 Å². The summed E-state index contributed by atoms with van der Waals surface area (Å²) in [7, 11) is 0. The maximum Gasteiger partial charge on any atom is 0.344 e. The van der Waals surface area contributed by atoms with Gasteiger partial charge in [-0.1, -0.05) is 30.3 Å². The zero-order valence-electron chi connectivity index (χ0n) is 14.3. The molecule has 6 heteroatoms. The number of carbonyl (C=O) groups excluding carboxylic acids is 2. The molecule has 1 aliphatic heterocycles. The highest BCUT2D eigenvalue weighted by Crippen LogP contribution is 2.32. The second-order valence-corrected chi connectivity index (χ2v) is 5.95. The molecule has 4 rings (SSSR count). The third-order valence-corrected chi connectivity index (χ3v) is 4.14. The number of fused-ring (bicyclic) bond motifs is 2. The van der Waals surface area contributed by atoms with Crippen molar-refractivity contribution in [2.24, 2.45) is 0 Å². The van der Waals surface area contributed by atoms with Gasteiger partial charge in [-0.2, -0.15) is 0 Å². The molecular weight excluding hydrogens is 348 g/mol. The lowest BCUT2D eigenvalue weighted by atomic mass is 10.1. The van der Waals surface area contributed by atoms with Gasteiger partial charge in [0.2, 0.25) is 6.79 Å². The van der Waals surface area contributed by atoms with Gasteiger partial charge >= 0.3 is 5.97 Å². The van der Waals surface area contributed by atoms with Crippen molar-refractivity contribution in [2.45, 2.75) is 0 Å². The maximum absolute atomic E-state index is 12.2. The fourth-order valence-corrected chi connectivity index (χ4v) is 2.74. The topological polar surface area (TPSA) is 71.1 Å². The van der Waals surface area contributed by atoms with Crippen LogP contribution in [-0.2, 0) is 9.53 Å².